The average molecular weight is 235 g/mol. The molecular weight excluding hydrogens is 214 g/mol. The molecule has 1 aliphatic rings. The largest absolute Gasteiger partial charge is 0.380 e. The van der Waals surface area contributed by atoms with Gasteiger partial charge in [-0.15, -0.1) is 0 Å². The summed E-state index contributed by atoms with van der Waals surface area (Å²) >= 11 is 0. The molecule has 1 rings (SSSR count). The van der Waals surface area contributed by atoms with Crippen LogP contribution in [0.25, 0.3) is 0 Å². The van der Waals surface area contributed by atoms with Crippen LogP contribution in [0.15, 0.2) is 0 Å². The summed E-state index contributed by atoms with van der Waals surface area (Å²) in [6.07, 6.45) is 1.74. The summed E-state index contributed by atoms with van der Waals surface area (Å²) in [5.41, 5.74) is 0.319. The molecule has 0 radical (unpaired) electrons. The first kappa shape index (κ1) is 12.9. The molecule has 0 aromatic rings. The maximum atomic E-state index is 11.2. The summed E-state index contributed by atoms with van der Waals surface area (Å²) in [5, 5.41) is 4.51. The van der Waals surface area contributed by atoms with Crippen LogP contribution in [0.4, 0.5) is 0 Å². The molecule has 0 aromatic carbocycles. The number of sulfonamides is 1. The fourth-order valence-corrected chi connectivity index (χ4v) is 3.25. The van der Waals surface area contributed by atoms with Gasteiger partial charge in [0.15, 0.2) is 0 Å². The van der Waals surface area contributed by atoms with Gasteiger partial charge in [0.05, 0.1) is 11.4 Å². The molecule has 0 spiro atoms. The Morgan fingerprint density at radius 3 is 2.13 bits per heavy atom. The van der Waals surface area contributed by atoms with Crippen LogP contribution >= 0.6 is 0 Å². The Morgan fingerprint density at radius 2 is 1.87 bits per heavy atom. The molecule has 0 amide bonds. The molecule has 2 N–H and O–H groups in total. The quantitative estimate of drug-likeness (QED) is 0.793. The normalized spacial score (nSPS) is 25.7. The summed E-state index contributed by atoms with van der Waals surface area (Å²) in [5.74, 6) is 0.318. The van der Waals surface area contributed by atoms with Crippen LogP contribution in [0.5, 0.6) is 0 Å². The van der Waals surface area contributed by atoms with Gasteiger partial charge < -0.3 is 4.74 Å². The van der Waals surface area contributed by atoms with Crippen molar-refractivity contribution in [1.29, 1.82) is 0 Å². The Kier molecular flexibility index (Phi) is 3.48. The highest BCUT2D eigenvalue weighted by molar-refractivity contribution is 7.89. The van der Waals surface area contributed by atoms with E-state index in [1.165, 1.54) is 0 Å². The van der Waals surface area contributed by atoms with Crippen LogP contribution in [-0.2, 0) is 14.8 Å². The lowest BCUT2D eigenvalue weighted by Gasteiger charge is -2.47. The van der Waals surface area contributed by atoms with Crippen molar-refractivity contribution >= 4 is 10.0 Å². The zero-order valence-electron chi connectivity index (χ0n) is 9.86. The Balaban J connectivity index is 2.66. The van der Waals surface area contributed by atoms with Crippen molar-refractivity contribution in [3.05, 3.63) is 0 Å². The number of hydrogen-bond donors (Lipinski definition) is 1. The minimum atomic E-state index is -3.50. The lowest BCUT2D eigenvalue weighted by Crippen LogP contribution is -2.48. The highest BCUT2D eigenvalue weighted by Crippen LogP contribution is 2.47. The first-order chi connectivity index (χ1) is 6.67. The smallest absolute Gasteiger partial charge is 0.214 e. The average Bonchev–Trinajstić information content (AvgIpc) is 2.00. The molecule has 90 valence electrons. The number of primary sulfonamides is 1. The van der Waals surface area contributed by atoms with Crippen molar-refractivity contribution < 1.29 is 13.2 Å². The van der Waals surface area contributed by atoms with Crippen LogP contribution in [0.1, 0.15) is 33.6 Å². The second-order valence-corrected chi connectivity index (χ2v) is 7.25. The Morgan fingerprint density at radius 1 is 1.40 bits per heavy atom. The second-order valence-electron chi connectivity index (χ2n) is 5.33. The fourth-order valence-electron chi connectivity index (χ4n) is 2.55. The van der Waals surface area contributed by atoms with Crippen LogP contribution in [0, 0.1) is 11.3 Å². The topological polar surface area (TPSA) is 69.4 Å². The Hall–Kier alpha value is -0.130. The van der Waals surface area contributed by atoms with Crippen molar-refractivity contribution in [1.82, 2.24) is 0 Å². The number of ether oxygens (including phenoxy) is 1. The van der Waals surface area contributed by atoms with E-state index >= 15 is 0 Å². The zero-order chi connectivity index (χ0) is 11.9. The van der Waals surface area contributed by atoms with E-state index in [-0.39, 0.29) is 6.10 Å². The molecule has 4 nitrogen and oxygen atoms in total. The number of methoxy groups -OCH3 is 1. The third-order valence-electron chi connectivity index (χ3n) is 3.35. The predicted molar refractivity (Wildman–Crippen MR) is 59.9 cm³/mol. The van der Waals surface area contributed by atoms with E-state index < -0.39 is 15.3 Å². The second kappa shape index (κ2) is 4.03. The standard InChI is InChI=1S/C10H21NO3S/c1-7(15(11,12)13)9(14-4)8-5-10(2,3)6-8/h7-9H,5-6H2,1-4H3,(H2,11,12,13). The van der Waals surface area contributed by atoms with Crippen molar-refractivity contribution in [2.45, 2.75) is 45.0 Å². The highest BCUT2D eigenvalue weighted by Gasteiger charge is 2.44. The van der Waals surface area contributed by atoms with Gasteiger partial charge >= 0.3 is 0 Å². The minimum Gasteiger partial charge on any atom is -0.380 e. The van der Waals surface area contributed by atoms with Crippen molar-refractivity contribution in [2.75, 3.05) is 7.11 Å². The van der Waals surface area contributed by atoms with Gasteiger partial charge in [-0.3, -0.25) is 0 Å². The van der Waals surface area contributed by atoms with Crippen LogP contribution in [0.3, 0.4) is 0 Å². The summed E-state index contributed by atoms with van der Waals surface area (Å²) in [7, 11) is -1.94. The molecule has 2 unspecified atom stereocenters. The molecule has 0 saturated heterocycles. The molecule has 1 aliphatic carbocycles. The van der Waals surface area contributed by atoms with Crippen LogP contribution < -0.4 is 5.14 Å². The van der Waals surface area contributed by atoms with E-state index in [1.807, 2.05) is 0 Å². The monoisotopic (exact) mass is 235 g/mol. The fraction of sp³-hybridized carbons (Fsp3) is 1.00. The van der Waals surface area contributed by atoms with Gasteiger partial charge in [-0.05, 0) is 31.1 Å². The zero-order valence-corrected chi connectivity index (χ0v) is 10.7. The van der Waals surface area contributed by atoms with Crippen LogP contribution in [-0.4, -0.2) is 26.9 Å². The van der Waals surface area contributed by atoms with Crippen molar-refractivity contribution in [3.8, 4) is 0 Å². The third kappa shape index (κ3) is 2.92. The van der Waals surface area contributed by atoms with Gasteiger partial charge in [0.1, 0.15) is 0 Å². The van der Waals surface area contributed by atoms with E-state index in [4.69, 9.17) is 9.88 Å². The maximum absolute atomic E-state index is 11.2. The maximum Gasteiger partial charge on any atom is 0.214 e. The summed E-state index contributed by atoms with van der Waals surface area (Å²) < 4.78 is 27.7. The van der Waals surface area contributed by atoms with E-state index in [0.717, 1.165) is 12.8 Å². The molecule has 2 atom stereocenters. The van der Waals surface area contributed by atoms with Gasteiger partial charge in [0, 0.05) is 7.11 Å². The lowest BCUT2D eigenvalue weighted by molar-refractivity contribution is -0.0368. The van der Waals surface area contributed by atoms with Gasteiger partial charge in [-0.1, -0.05) is 13.8 Å². The summed E-state index contributed by atoms with van der Waals surface area (Å²) in [6.45, 7) is 5.98. The van der Waals surface area contributed by atoms with Gasteiger partial charge in [-0.2, -0.15) is 0 Å². The van der Waals surface area contributed by atoms with E-state index in [2.05, 4.69) is 13.8 Å². The Bertz CT molecular complexity index is 316. The first-order valence-corrected chi connectivity index (χ1v) is 6.83. The first-order valence-electron chi connectivity index (χ1n) is 5.22. The molecule has 5 heteroatoms. The van der Waals surface area contributed by atoms with Crippen molar-refractivity contribution in [3.63, 3.8) is 0 Å². The van der Waals surface area contributed by atoms with E-state index in [9.17, 15) is 8.42 Å². The minimum absolute atomic E-state index is 0.270. The van der Waals surface area contributed by atoms with Crippen LogP contribution in [0.2, 0.25) is 0 Å². The summed E-state index contributed by atoms with van der Waals surface area (Å²) in [6, 6.07) is 0. The third-order valence-corrected chi connectivity index (χ3v) is 4.65. The van der Waals surface area contributed by atoms with Gasteiger partial charge in [0.25, 0.3) is 0 Å². The molecule has 1 saturated carbocycles. The molecule has 0 heterocycles. The number of nitrogens with two attached hydrogens (primary N) is 1. The SMILES string of the molecule is COC(C1CC(C)(C)C1)C(C)S(N)(=O)=O. The van der Waals surface area contributed by atoms with Gasteiger partial charge in [-0.25, -0.2) is 13.6 Å². The number of hydrogen-bond acceptors (Lipinski definition) is 3. The lowest BCUT2D eigenvalue weighted by atomic mass is 9.62. The molecule has 1 fully saturated rings. The molecule has 0 aromatic heterocycles. The molecule has 0 aliphatic heterocycles. The number of rotatable bonds is 4. The van der Waals surface area contributed by atoms with E-state index in [0.29, 0.717) is 11.3 Å². The molecule has 0 bridgehead atoms. The molecule has 15 heavy (non-hydrogen) atoms. The highest BCUT2D eigenvalue weighted by atomic mass is 32.2. The molecular formula is C10H21NO3S. The Labute approximate surface area is 92.2 Å². The van der Waals surface area contributed by atoms with Crippen molar-refractivity contribution in [2.24, 2.45) is 16.5 Å². The van der Waals surface area contributed by atoms with Gasteiger partial charge in [0.2, 0.25) is 10.0 Å². The van der Waals surface area contributed by atoms with E-state index in [1.54, 1.807) is 14.0 Å². The summed E-state index contributed by atoms with van der Waals surface area (Å²) in [4.78, 5) is 0. The predicted octanol–water partition coefficient (Wildman–Crippen LogP) is 1.11.